The number of alkyl halides is 6. The van der Waals surface area contributed by atoms with Gasteiger partial charge in [0, 0.05) is 46.2 Å². The van der Waals surface area contributed by atoms with Crippen LogP contribution >= 0.6 is 22.7 Å². The molecule has 0 radical (unpaired) electrons. The summed E-state index contributed by atoms with van der Waals surface area (Å²) in [6.07, 6.45) is -9.43. The summed E-state index contributed by atoms with van der Waals surface area (Å²) in [5, 5.41) is 31.4. The second kappa shape index (κ2) is 18.7. The molecule has 3 amide bonds. The fourth-order valence-electron chi connectivity index (χ4n) is 6.29. The van der Waals surface area contributed by atoms with Crippen LogP contribution in [-0.2, 0) is 17.1 Å². The number of thiazole rings is 2. The Morgan fingerprint density at radius 1 is 0.714 bits per heavy atom. The van der Waals surface area contributed by atoms with E-state index in [1.54, 1.807) is 31.6 Å². The molecule has 14 nitrogen and oxygen atoms in total. The van der Waals surface area contributed by atoms with Crippen molar-refractivity contribution in [1.82, 2.24) is 20.6 Å². The van der Waals surface area contributed by atoms with Crippen LogP contribution in [0.3, 0.4) is 0 Å². The Morgan fingerprint density at radius 3 is 1.83 bits per heavy atom. The third-order valence-electron chi connectivity index (χ3n) is 9.61. The molecule has 6 rings (SSSR count). The van der Waals surface area contributed by atoms with Crippen LogP contribution < -0.4 is 15.5 Å². The minimum absolute atomic E-state index is 0.00917. The number of hydrogen-bond donors (Lipinski definition) is 2. The quantitative estimate of drug-likeness (QED) is 0.0443. The maximum atomic E-state index is 13.9. The van der Waals surface area contributed by atoms with Gasteiger partial charge in [0.15, 0.2) is 5.13 Å². The number of hydrogen-bond acceptors (Lipinski definition) is 10. The zero-order valence-corrected chi connectivity index (χ0v) is 34.6. The van der Waals surface area contributed by atoms with E-state index in [0.717, 1.165) is 57.9 Å². The van der Waals surface area contributed by atoms with Crippen molar-refractivity contribution in [2.75, 3.05) is 45.2 Å². The molecule has 1 unspecified atom stereocenters. The number of benzene rings is 4. The van der Waals surface area contributed by atoms with E-state index >= 15 is 0 Å². The lowest BCUT2D eigenvalue weighted by Gasteiger charge is -2.30. The first-order valence-corrected chi connectivity index (χ1v) is 20.4. The number of carbonyl (C=O) groups is 2. The molecule has 4 aromatic carbocycles. The van der Waals surface area contributed by atoms with Crippen molar-refractivity contribution in [1.29, 1.82) is 0 Å². The molecule has 1 atom stereocenters. The largest absolute Gasteiger partial charge is 0.416 e. The van der Waals surface area contributed by atoms with Gasteiger partial charge in [0.1, 0.15) is 10.9 Å². The molecule has 2 N–H and O–H groups in total. The van der Waals surface area contributed by atoms with Crippen LogP contribution in [-0.4, -0.2) is 76.5 Å². The van der Waals surface area contributed by atoms with Crippen molar-refractivity contribution in [2.45, 2.75) is 18.3 Å². The van der Waals surface area contributed by atoms with Gasteiger partial charge in [-0.3, -0.25) is 25.0 Å². The summed E-state index contributed by atoms with van der Waals surface area (Å²) in [4.78, 5) is 59.1. The molecular weight excluding hydrogens is 879 g/mol. The van der Waals surface area contributed by atoms with Crippen molar-refractivity contribution in [3.05, 3.63) is 150 Å². The Bertz CT molecular complexity index is 2470. The standard InChI is InChI=1S/C41H34F6N8O6S2/c1-55(2,17-15-48-36(56)35(27-9-3-10-28(19-27)40(42,43)44)37-50-33(23-62-37)25-7-4-13-31(20-25)53(58)59)18-16-49-38(57)52(30-12-6-11-29(22-30)41(45,46)47)39-51-34(24-63-39)26-8-5-14-32(21-26)54(60)61/h3-14,19-24,35H,15-18H2,1-2H3,(H-,48,49,56,57)/p+1. The number of rotatable bonds is 15. The first-order valence-electron chi connectivity index (χ1n) is 18.6. The third kappa shape index (κ3) is 11.4. The Morgan fingerprint density at radius 2 is 1.24 bits per heavy atom. The highest BCUT2D eigenvalue weighted by Gasteiger charge is 2.35. The molecule has 328 valence electrons. The molecule has 6 aromatic rings. The number of anilines is 2. The molecule has 0 aliphatic rings. The van der Waals surface area contributed by atoms with Crippen LogP contribution in [0.4, 0.5) is 53.3 Å². The second-order valence-electron chi connectivity index (χ2n) is 14.5. The number of quaternary nitrogens is 1. The van der Waals surface area contributed by atoms with Gasteiger partial charge in [-0.05, 0) is 29.8 Å². The van der Waals surface area contributed by atoms with Crippen molar-refractivity contribution in [2.24, 2.45) is 0 Å². The fraction of sp³-hybridized carbons (Fsp3) is 0.220. The third-order valence-corrected chi connectivity index (χ3v) is 11.3. The highest BCUT2D eigenvalue weighted by atomic mass is 32.1. The first-order chi connectivity index (χ1) is 29.7. The SMILES string of the molecule is C[N+](C)(CCNC(=O)C(c1cccc(C(F)(F)F)c1)c1nc(-c2cccc([N+](=O)[O-])c2)cs1)CCNC(=O)N(c1cccc(C(F)(F)F)c1)c1nc(-c2cccc([N+](=O)[O-])c2)cs1. The molecule has 0 saturated heterocycles. The average molecular weight is 914 g/mol. The monoisotopic (exact) mass is 913 g/mol. The molecule has 0 fully saturated rings. The van der Waals surface area contributed by atoms with Gasteiger partial charge in [-0.15, -0.1) is 22.7 Å². The van der Waals surface area contributed by atoms with Gasteiger partial charge in [-0.2, -0.15) is 26.3 Å². The summed E-state index contributed by atoms with van der Waals surface area (Å²) < 4.78 is 82.7. The van der Waals surface area contributed by atoms with Crippen LogP contribution in [0.25, 0.3) is 22.5 Å². The van der Waals surface area contributed by atoms with Crippen molar-refractivity contribution in [3.8, 4) is 22.5 Å². The number of carbonyl (C=O) groups excluding carboxylic acids is 2. The van der Waals surface area contributed by atoms with Crippen molar-refractivity contribution < 1.29 is 50.3 Å². The fourth-order valence-corrected chi connectivity index (χ4v) is 8.09. The van der Waals surface area contributed by atoms with Crippen molar-refractivity contribution >= 4 is 56.8 Å². The number of likely N-dealkylation sites (N-methyl/N-ethyl adjacent to an activating group) is 1. The van der Waals surface area contributed by atoms with Gasteiger partial charge in [0.05, 0.1) is 78.3 Å². The van der Waals surface area contributed by atoms with Crippen LogP contribution in [0, 0.1) is 20.2 Å². The molecule has 0 spiro atoms. The molecular formula is C41H35F6N8O6S2+. The summed E-state index contributed by atoms with van der Waals surface area (Å²) in [5.41, 5.74) is -1.28. The van der Waals surface area contributed by atoms with Crippen LogP contribution in [0.15, 0.2) is 108 Å². The summed E-state index contributed by atoms with van der Waals surface area (Å²) in [7, 11) is 3.57. The molecule has 22 heteroatoms. The molecule has 0 bridgehead atoms. The van der Waals surface area contributed by atoms with E-state index in [1.807, 2.05) is 0 Å². The number of nitrogens with one attached hydrogen (secondary N) is 2. The van der Waals surface area contributed by atoms with E-state index in [1.165, 1.54) is 60.0 Å². The van der Waals surface area contributed by atoms with E-state index in [-0.39, 0.29) is 74.8 Å². The zero-order valence-electron chi connectivity index (χ0n) is 33.0. The van der Waals surface area contributed by atoms with E-state index in [4.69, 9.17) is 0 Å². The molecule has 2 aromatic heterocycles. The Labute approximate surface area is 362 Å². The van der Waals surface area contributed by atoms with Gasteiger partial charge in [0.25, 0.3) is 11.4 Å². The number of aromatic nitrogens is 2. The number of nitro groups is 2. The summed E-state index contributed by atoms with van der Waals surface area (Å²) >= 11 is 1.94. The molecule has 0 aliphatic carbocycles. The predicted molar refractivity (Wildman–Crippen MR) is 224 cm³/mol. The Kier molecular flexibility index (Phi) is 13.6. The number of halogens is 6. The van der Waals surface area contributed by atoms with E-state index in [9.17, 15) is 56.2 Å². The van der Waals surface area contributed by atoms with Crippen LogP contribution in [0.1, 0.15) is 27.6 Å². The average Bonchev–Trinajstić information content (AvgIpc) is 3.92. The molecule has 0 aliphatic heterocycles. The number of amides is 3. The first kappa shape index (κ1) is 45.7. The molecule has 0 saturated carbocycles. The Balaban J connectivity index is 1.15. The van der Waals surface area contributed by atoms with Gasteiger partial charge in [0.2, 0.25) is 5.91 Å². The lowest BCUT2D eigenvalue weighted by Crippen LogP contribution is -2.50. The number of nitrogens with zero attached hydrogens (tertiary/aromatic N) is 6. The number of non-ortho nitro benzene ring substituents is 2. The smallest absolute Gasteiger partial charge is 0.350 e. The van der Waals surface area contributed by atoms with E-state index < -0.39 is 51.2 Å². The van der Waals surface area contributed by atoms with Crippen molar-refractivity contribution in [3.63, 3.8) is 0 Å². The topological polar surface area (TPSA) is 173 Å². The van der Waals surface area contributed by atoms with Crippen LogP contribution in [0.2, 0.25) is 0 Å². The minimum atomic E-state index is -4.73. The number of urea groups is 1. The summed E-state index contributed by atoms with van der Waals surface area (Å²) in [5.74, 6) is -1.95. The van der Waals surface area contributed by atoms with Gasteiger partial charge < -0.3 is 15.1 Å². The zero-order chi connectivity index (χ0) is 45.7. The predicted octanol–water partition coefficient (Wildman–Crippen LogP) is 9.66. The minimum Gasteiger partial charge on any atom is -0.350 e. The second-order valence-corrected chi connectivity index (χ2v) is 16.3. The highest BCUT2D eigenvalue weighted by molar-refractivity contribution is 7.14. The molecule has 63 heavy (non-hydrogen) atoms. The normalized spacial score (nSPS) is 12.4. The highest BCUT2D eigenvalue weighted by Crippen LogP contribution is 2.38. The number of nitro benzene ring substituents is 2. The Hall–Kier alpha value is -6.78. The van der Waals surface area contributed by atoms with E-state index in [2.05, 4.69) is 20.6 Å². The molecule has 2 heterocycles. The van der Waals surface area contributed by atoms with Crippen LogP contribution in [0.5, 0.6) is 0 Å². The van der Waals surface area contributed by atoms with Gasteiger partial charge >= 0.3 is 18.4 Å². The lowest BCUT2D eigenvalue weighted by molar-refractivity contribution is -0.887. The lowest BCUT2D eigenvalue weighted by atomic mass is 9.96. The summed E-state index contributed by atoms with van der Waals surface area (Å²) in [6, 6.07) is 18.8. The maximum Gasteiger partial charge on any atom is 0.416 e. The van der Waals surface area contributed by atoms with Gasteiger partial charge in [-0.1, -0.05) is 48.5 Å². The summed E-state index contributed by atoms with van der Waals surface area (Å²) in [6.45, 7) is 0.508. The van der Waals surface area contributed by atoms with Gasteiger partial charge in [-0.25, -0.2) is 19.7 Å². The van der Waals surface area contributed by atoms with E-state index in [0.29, 0.717) is 11.1 Å². The maximum absolute atomic E-state index is 13.9.